The molecule has 0 aliphatic heterocycles. The smallest absolute Gasteiger partial charge is 0.317 e. The molecule has 1 fully saturated rings. The molecule has 2 N–H and O–H groups in total. The summed E-state index contributed by atoms with van der Waals surface area (Å²) in [7, 11) is 1.65. The van der Waals surface area contributed by atoms with E-state index in [0.29, 0.717) is 12.1 Å². The predicted octanol–water partition coefficient (Wildman–Crippen LogP) is 2.59. The Kier molecular flexibility index (Phi) is 4.85. The molecule has 24 heavy (non-hydrogen) atoms. The van der Waals surface area contributed by atoms with E-state index in [9.17, 15) is 4.79 Å². The summed E-state index contributed by atoms with van der Waals surface area (Å²) >= 11 is 0. The molecule has 6 nitrogen and oxygen atoms in total. The van der Waals surface area contributed by atoms with Gasteiger partial charge in [-0.25, -0.2) is 0 Å². The monoisotopic (exact) mass is 329 g/mol. The molecule has 6 heteroatoms. The van der Waals surface area contributed by atoms with Crippen LogP contribution in [-0.2, 0) is 4.79 Å². The van der Waals surface area contributed by atoms with Crippen molar-refractivity contribution in [1.82, 2.24) is 9.88 Å². The van der Waals surface area contributed by atoms with Crippen LogP contribution in [0.1, 0.15) is 19.8 Å². The highest BCUT2D eigenvalue weighted by atomic mass is 16.5. The maximum atomic E-state index is 10.9. The number of carboxylic acids is 1. The number of pyridine rings is 1. The zero-order valence-electron chi connectivity index (χ0n) is 14.0. The van der Waals surface area contributed by atoms with E-state index in [-0.39, 0.29) is 6.54 Å². The van der Waals surface area contributed by atoms with E-state index in [0.717, 1.165) is 41.7 Å². The van der Waals surface area contributed by atoms with Gasteiger partial charge in [0.1, 0.15) is 11.3 Å². The number of hydrogen-bond acceptors (Lipinski definition) is 5. The minimum absolute atomic E-state index is 0.114. The Morgan fingerprint density at radius 2 is 2.21 bits per heavy atom. The zero-order chi connectivity index (χ0) is 17.1. The molecule has 1 saturated carbocycles. The number of likely N-dealkylation sites (N-methyl/N-ethyl adjacent to an activating group) is 1. The number of para-hydroxylation sites is 1. The lowest BCUT2D eigenvalue weighted by Crippen LogP contribution is -2.51. The summed E-state index contributed by atoms with van der Waals surface area (Å²) in [5.74, 6) is 0.00161. The van der Waals surface area contributed by atoms with Crippen molar-refractivity contribution in [2.75, 3.05) is 25.5 Å². The number of fused-ring (bicyclic) bond motifs is 1. The maximum Gasteiger partial charge on any atom is 0.317 e. The van der Waals surface area contributed by atoms with Gasteiger partial charge in [0.05, 0.1) is 13.7 Å². The van der Waals surface area contributed by atoms with Crippen molar-refractivity contribution in [3.8, 4) is 5.75 Å². The van der Waals surface area contributed by atoms with Crippen LogP contribution in [0.15, 0.2) is 30.5 Å². The summed E-state index contributed by atoms with van der Waals surface area (Å²) in [5.41, 5.74) is 1.89. The van der Waals surface area contributed by atoms with Crippen LogP contribution in [-0.4, -0.2) is 53.2 Å². The van der Waals surface area contributed by atoms with Gasteiger partial charge in [-0.15, -0.1) is 0 Å². The van der Waals surface area contributed by atoms with Crippen LogP contribution in [0.2, 0.25) is 0 Å². The Morgan fingerprint density at radius 3 is 2.88 bits per heavy atom. The number of rotatable bonds is 7. The van der Waals surface area contributed by atoms with Gasteiger partial charge in [0, 0.05) is 29.4 Å². The molecule has 1 aliphatic carbocycles. The summed E-state index contributed by atoms with van der Waals surface area (Å²) in [6, 6.07) is 8.57. The number of nitrogens with zero attached hydrogens (tertiary/aromatic N) is 2. The van der Waals surface area contributed by atoms with Crippen LogP contribution < -0.4 is 10.1 Å². The van der Waals surface area contributed by atoms with Crippen LogP contribution in [0.25, 0.3) is 10.9 Å². The molecule has 0 saturated heterocycles. The Morgan fingerprint density at radius 1 is 1.42 bits per heavy atom. The number of anilines is 1. The average Bonchev–Trinajstić information content (AvgIpc) is 2.55. The third kappa shape index (κ3) is 3.28. The van der Waals surface area contributed by atoms with Crippen molar-refractivity contribution in [3.63, 3.8) is 0 Å². The van der Waals surface area contributed by atoms with Gasteiger partial charge in [0.15, 0.2) is 0 Å². The molecule has 3 rings (SSSR count). The number of benzene rings is 1. The molecule has 1 aromatic heterocycles. The number of carbonyl (C=O) groups is 1. The maximum absolute atomic E-state index is 10.9. The van der Waals surface area contributed by atoms with Crippen LogP contribution in [0.3, 0.4) is 0 Å². The molecule has 0 bridgehead atoms. The zero-order valence-corrected chi connectivity index (χ0v) is 14.0. The van der Waals surface area contributed by atoms with E-state index in [4.69, 9.17) is 9.84 Å². The lowest BCUT2D eigenvalue weighted by molar-refractivity contribution is -0.139. The number of hydrogen-bond donors (Lipinski definition) is 2. The van der Waals surface area contributed by atoms with Gasteiger partial charge >= 0.3 is 5.97 Å². The van der Waals surface area contributed by atoms with Gasteiger partial charge in [0.2, 0.25) is 0 Å². The molecule has 0 atom stereocenters. The molecule has 1 aliphatic rings. The number of aliphatic carboxylic acids is 1. The molecule has 1 heterocycles. The summed E-state index contributed by atoms with van der Waals surface area (Å²) in [6.45, 7) is 2.88. The van der Waals surface area contributed by atoms with Crippen molar-refractivity contribution in [2.45, 2.75) is 31.8 Å². The number of nitrogens with one attached hydrogen (secondary N) is 1. The average molecular weight is 329 g/mol. The fourth-order valence-corrected chi connectivity index (χ4v) is 3.34. The summed E-state index contributed by atoms with van der Waals surface area (Å²) in [6.07, 6.45) is 3.69. The van der Waals surface area contributed by atoms with E-state index >= 15 is 0 Å². The topological polar surface area (TPSA) is 74.7 Å². The largest absolute Gasteiger partial charge is 0.494 e. The first-order chi connectivity index (χ1) is 11.6. The van der Waals surface area contributed by atoms with Crippen molar-refractivity contribution in [1.29, 1.82) is 0 Å². The molecule has 0 spiro atoms. The molecular formula is C18H23N3O3. The second-order valence-corrected chi connectivity index (χ2v) is 6.14. The van der Waals surface area contributed by atoms with Crippen LogP contribution >= 0.6 is 0 Å². The SMILES string of the molecule is CCN(CC(=O)O)C1CC(Nc2ccnc3c(OC)cccc23)C1. The minimum atomic E-state index is -0.763. The number of aromatic nitrogens is 1. The fraction of sp³-hybridized carbons (Fsp3) is 0.444. The summed E-state index contributed by atoms with van der Waals surface area (Å²) < 4.78 is 5.38. The van der Waals surface area contributed by atoms with E-state index < -0.39 is 5.97 Å². The molecule has 2 aromatic rings. The van der Waals surface area contributed by atoms with Gasteiger partial charge in [-0.2, -0.15) is 0 Å². The highest BCUT2D eigenvalue weighted by Gasteiger charge is 2.33. The van der Waals surface area contributed by atoms with Gasteiger partial charge in [-0.05, 0) is 31.5 Å². The Hall–Kier alpha value is -2.34. The van der Waals surface area contributed by atoms with Crippen molar-refractivity contribution in [3.05, 3.63) is 30.5 Å². The first-order valence-electron chi connectivity index (χ1n) is 8.26. The Labute approximate surface area is 141 Å². The van der Waals surface area contributed by atoms with Crippen LogP contribution in [0.5, 0.6) is 5.75 Å². The van der Waals surface area contributed by atoms with Gasteiger partial charge in [0.25, 0.3) is 0 Å². The quantitative estimate of drug-likeness (QED) is 0.813. The van der Waals surface area contributed by atoms with E-state index in [2.05, 4.69) is 10.3 Å². The van der Waals surface area contributed by atoms with Gasteiger partial charge < -0.3 is 15.2 Å². The Bertz CT molecular complexity index is 729. The van der Waals surface area contributed by atoms with Crippen molar-refractivity contribution >= 4 is 22.6 Å². The van der Waals surface area contributed by atoms with E-state index in [1.54, 1.807) is 13.3 Å². The van der Waals surface area contributed by atoms with Gasteiger partial charge in [-0.1, -0.05) is 19.1 Å². The second-order valence-electron chi connectivity index (χ2n) is 6.14. The van der Waals surface area contributed by atoms with Crippen molar-refractivity contribution < 1.29 is 14.6 Å². The predicted molar refractivity (Wildman–Crippen MR) is 93.6 cm³/mol. The summed E-state index contributed by atoms with van der Waals surface area (Å²) in [5, 5.41) is 13.6. The minimum Gasteiger partial charge on any atom is -0.494 e. The third-order valence-corrected chi connectivity index (χ3v) is 4.69. The molecule has 0 radical (unpaired) electrons. The van der Waals surface area contributed by atoms with Crippen molar-refractivity contribution in [2.24, 2.45) is 0 Å². The summed E-state index contributed by atoms with van der Waals surface area (Å²) in [4.78, 5) is 17.4. The molecule has 0 amide bonds. The molecule has 0 unspecified atom stereocenters. The lowest BCUT2D eigenvalue weighted by atomic mass is 9.85. The highest BCUT2D eigenvalue weighted by Crippen LogP contribution is 2.33. The molecule has 1 aromatic carbocycles. The van der Waals surface area contributed by atoms with E-state index in [1.807, 2.05) is 36.1 Å². The standard InChI is InChI=1S/C18H23N3O3/c1-3-21(11-17(22)23)13-9-12(10-13)20-15-7-8-19-18-14(15)5-4-6-16(18)24-2/h4-8,12-13H,3,9-11H2,1-2H3,(H,19,20)(H,22,23). The molecule has 128 valence electrons. The first kappa shape index (κ1) is 16.5. The highest BCUT2D eigenvalue weighted by molar-refractivity contribution is 5.94. The fourth-order valence-electron chi connectivity index (χ4n) is 3.34. The second kappa shape index (κ2) is 7.05. The number of methoxy groups -OCH3 is 1. The third-order valence-electron chi connectivity index (χ3n) is 4.69. The lowest BCUT2D eigenvalue weighted by Gasteiger charge is -2.42. The van der Waals surface area contributed by atoms with Crippen LogP contribution in [0, 0.1) is 0 Å². The number of carboxylic acid groups (broad SMARTS) is 1. The molecular weight excluding hydrogens is 306 g/mol. The van der Waals surface area contributed by atoms with Gasteiger partial charge in [-0.3, -0.25) is 14.7 Å². The normalized spacial score (nSPS) is 20.0. The number of ether oxygens (including phenoxy) is 1. The Balaban J connectivity index is 1.68. The van der Waals surface area contributed by atoms with E-state index in [1.165, 1.54) is 0 Å². The van der Waals surface area contributed by atoms with Crippen LogP contribution in [0.4, 0.5) is 5.69 Å². The first-order valence-corrected chi connectivity index (χ1v) is 8.26.